The van der Waals surface area contributed by atoms with Crippen LogP contribution in [0.1, 0.15) is 47.6 Å². The second kappa shape index (κ2) is 7.05. The number of pyridine rings is 1. The molecule has 1 aromatic heterocycles. The fraction of sp³-hybridized carbons (Fsp3) is 0.429. The normalized spacial score (nSPS) is 26.0. The number of thioether (sulfide) groups is 1. The summed E-state index contributed by atoms with van der Waals surface area (Å²) in [6.45, 7) is 0. The third-order valence-electron chi connectivity index (χ3n) is 6.23. The molecule has 0 unspecified atom stereocenters. The van der Waals surface area contributed by atoms with Gasteiger partial charge in [0, 0.05) is 17.8 Å². The predicted molar refractivity (Wildman–Crippen MR) is 105 cm³/mol. The van der Waals surface area contributed by atoms with E-state index in [2.05, 4.69) is 46.5 Å². The second-order valence-corrected chi connectivity index (χ2v) is 8.12. The summed E-state index contributed by atoms with van der Waals surface area (Å²) in [5.74, 6) is -0.0329. The molecule has 0 radical (unpaired) electrons. The third kappa shape index (κ3) is 2.83. The molecule has 2 saturated heterocycles. The zero-order valence-corrected chi connectivity index (χ0v) is 16.1. The van der Waals surface area contributed by atoms with Gasteiger partial charge in [0.15, 0.2) is 0 Å². The molecule has 26 heavy (non-hydrogen) atoms. The van der Waals surface area contributed by atoms with Crippen molar-refractivity contribution in [2.24, 2.45) is 0 Å². The van der Waals surface area contributed by atoms with E-state index in [1.54, 1.807) is 6.20 Å². The highest BCUT2D eigenvalue weighted by Gasteiger charge is 2.54. The topological polar surface area (TPSA) is 45.2 Å². The first-order valence-corrected chi connectivity index (χ1v) is 10.5. The Morgan fingerprint density at radius 3 is 2.58 bits per heavy atom. The van der Waals surface area contributed by atoms with Crippen LogP contribution in [0, 0.1) is 0 Å². The lowest BCUT2D eigenvalue weighted by molar-refractivity contribution is 0.0834. The monoisotopic (exact) mass is 367 g/mol. The average molecular weight is 368 g/mol. The number of likely N-dealkylation sites (N-methyl/N-ethyl adjacent to an activating group) is 1. The molecule has 2 fully saturated rings. The van der Waals surface area contributed by atoms with Crippen molar-refractivity contribution in [3.05, 3.63) is 59.8 Å². The minimum absolute atomic E-state index is 0.0105. The van der Waals surface area contributed by atoms with Crippen molar-refractivity contribution in [3.63, 3.8) is 0 Å². The molecule has 1 amide bonds. The molecule has 3 heterocycles. The van der Waals surface area contributed by atoms with Crippen molar-refractivity contribution in [1.82, 2.24) is 15.2 Å². The Hall–Kier alpha value is -1.85. The summed E-state index contributed by atoms with van der Waals surface area (Å²) >= 11 is 1.51. The van der Waals surface area contributed by atoms with Gasteiger partial charge in [0.25, 0.3) is 5.91 Å². The van der Waals surface area contributed by atoms with Crippen LogP contribution in [0.4, 0.5) is 0 Å². The lowest BCUT2D eigenvalue weighted by atomic mass is 9.78. The largest absolute Gasteiger partial charge is 0.343 e. The van der Waals surface area contributed by atoms with E-state index in [-0.39, 0.29) is 17.5 Å². The Bertz CT molecular complexity index is 787. The molecular weight excluding hydrogens is 342 g/mol. The fourth-order valence-electron chi connectivity index (χ4n) is 4.81. The average Bonchev–Trinajstić information content (AvgIpc) is 3.19. The van der Waals surface area contributed by atoms with Crippen molar-refractivity contribution in [2.45, 2.75) is 48.3 Å². The SMILES string of the molecule is CSc1ncccc1C(=O)N[C@H](c1ccccc1)C12CCC(CC1)N2C. The van der Waals surface area contributed by atoms with Gasteiger partial charge in [0.05, 0.1) is 11.6 Å². The van der Waals surface area contributed by atoms with Gasteiger partial charge in [-0.15, -0.1) is 11.8 Å². The Morgan fingerprint density at radius 1 is 1.23 bits per heavy atom. The highest BCUT2D eigenvalue weighted by molar-refractivity contribution is 7.98. The van der Waals surface area contributed by atoms with Crippen molar-refractivity contribution < 1.29 is 4.79 Å². The van der Waals surface area contributed by atoms with Crippen LogP contribution in [-0.4, -0.2) is 40.7 Å². The maximum Gasteiger partial charge on any atom is 0.254 e. The maximum absolute atomic E-state index is 13.2. The highest BCUT2D eigenvalue weighted by Crippen LogP contribution is 2.51. The van der Waals surface area contributed by atoms with Crippen LogP contribution in [0.3, 0.4) is 0 Å². The Balaban J connectivity index is 1.70. The molecule has 1 aromatic carbocycles. The van der Waals surface area contributed by atoms with Gasteiger partial charge in [0.1, 0.15) is 5.03 Å². The number of fused-ring (bicyclic) bond motifs is 2. The molecule has 5 heteroatoms. The number of hydrogen-bond acceptors (Lipinski definition) is 4. The summed E-state index contributed by atoms with van der Waals surface area (Å²) in [4.78, 5) is 20.0. The number of carbonyl (C=O) groups is 1. The van der Waals surface area contributed by atoms with Gasteiger partial charge < -0.3 is 5.32 Å². The highest BCUT2D eigenvalue weighted by atomic mass is 32.2. The second-order valence-electron chi connectivity index (χ2n) is 7.32. The smallest absolute Gasteiger partial charge is 0.254 e. The maximum atomic E-state index is 13.2. The van der Waals surface area contributed by atoms with Gasteiger partial charge in [-0.2, -0.15) is 0 Å². The number of nitrogens with zero attached hydrogens (tertiary/aromatic N) is 2. The Kier molecular flexibility index (Phi) is 4.76. The van der Waals surface area contributed by atoms with Crippen LogP contribution >= 0.6 is 11.8 Å². The number of hydrogen-bond donors (Lipinski definition) is 1. The first-order chi connectivity index (χ1) is 12.7. The molecule has 1 atom stereocenters. The molecule has 136 valence electrons. The van der Waals surface area contributed by atoms with Crippen molar-refractivity contribution in [2.75, 3.05) is 13.3 Å². The molecule has 4 nitrogen and oxygen atoms in total. The summed E-state index contributed by atoms with van der Waals surface area (Å²) < 4.78 is 0. The van der Waals surface area contributed by atoms with E-state index in [4.69, 9.17) is 0 Å². The quantitative estimate of drug-likeness (QED) is 0.814. The van der Waals surface area contributed by atoms with Crippen molar-refractivity contribution in [1.29, 1.82) is 0 Å². The van der Waals surface area contributed by atoms with Crippen LogP contribution < -0.4 is 5.32 Å². The van der Waals surface area contributed by atoms with Gasteiger partial charge >= 0.3 is 0 Å². The Labute approximate surface area is 159 Å². The number of aromatic nitrogens is 1. The minimum atomic E-state index is -0.0329. The van der Waals surface area contributed by atoms with Gasteiger partial charge in [-0.05, 0) is 56.7 Å². The van der Waals surface area contributed by atoms with Crippen LogP contribution in [0.2, 0.25) is 0 Å². The van der Waals surface area contributed by atoms with Crippen LogP contribution in [-0.2, 0) is 0 Å². The molecule has 2 aliphatic heterocycles. The van der Waals surface area contributed by atoms with E-state index in [9.17, 15) is 4.79 Å². The molecule has 2 aromatic rings. The molecule has 0 spiro atoms. The molecule has 4 rings (SSSR count). The third-order valence-corrected chi connectivity index (χ3v) is 6.94. The minimum Gasteiger partial charge on any atom is -0.343 e. The molecule has 1 N–H and O–H groups in total. The van der Waals surface area contributed by atoms with E-state index in [1.807, 2.05) is 24.5 Å². The first-order valence-electron chi connectivity index (χ1n) is 9.23. The van der Waals surface area contributed by atoms with Gasteiger partial charge in [-0.25, -0.2) is 4.98 Å². The van der Waals surface area contributed by atoms with E-state index in [1.165, 1.54) is 30.2 Å². The summed E-state index contributed by atoms with van der Waals surface area (Å²) in [6.07, 6.45) is 8.41. The molecular formula is C21H25N3OS. The molecule has 2 bridgehead atoms. The zero-order chi connectivity index (χ0) is 18.1. The van der Waals surface area contributed by atoms with E-state index >= 15 is 0 Å². The van der Waals surface area contributed by atoms with Gasteiger partial charge in [-0.3, -0.25) is 9.69 Å². The number of rotatable bonds is 5. The number of nitrogens with one attached hydrogen (secondary N) is 1. The summed E-state index contributed by atoms with van der Waals surface area (Å²) in [7, 11) is 2.23. The van der Waals surface area contributed by atoms with Gasteiger partial charge in [-0.1, -0.05) is 30.3 Å². The molecule has 0 saturated carbocycles. The van der Waals surface area contributed by atoms with E-state index in [0.29, 0.717) is 11.6 Å². The van der Waals surface area contributed by atoms with E-state index in [0.717, 1.165) is 17.9 Å². The fourth-order valence-corrected chi connectivity index (χ4v) is 5.35. The Morgan fingerprint density at radius 2 is 1.96 bits per heavy atom. The van der Waals surface area contributed by atoms with Gasteiger partial charge in [0.2, 0.25) is 0 Å². The molecule has 2 aliphatic rings. The van der Waals surface area contributed by atoms with Crippen molar-refractivity contribution >= 4 is 17.7 Å². The summed E-state index contributed by atoms with van der Waals surface area (Å²) in [5, 5.41) is 4.16. The first kappa shape index (κ1) is 17.6. The lowest BCUT2D eigenvalue weighted by Crippen LogP contribution is -2.51. The number of carbonyl (C=O) groups excluding carboxylic acids is 1. The number of benzene rings is 1. The zero-order valence-electron chi connectivity index (χ0n) is 15.3. The van der Waals surface area contributed by atoms with Crippen LogP contribution in [0.15, 0.2) is 53.7 Å². The van der Waals surface area contributed by atoms with E-state index < -0.39 is 0 Å². The summed E-state index contributed by atoms with van der Waals surface area (Å²) in [5.41, 5.74) is 1.86. The van der Waals surface area contributed by atoms with Crippen LogP contribution in [0.25, 0.3) is 0 Å². The predicted octanol–water partition coefficient (Wildman–Crippen LogP) is 3.90. The standard InChI is InChI=1S/C21H25N3OS/c1-24-16-10-12-21(24,13-11-16)18(15-7-4-3-5-8-15)23-19(25)17-9-6-14-22-20(17)26-2/h3-9,14,16,18H,10-13H2,1-2H3,(H,23,25)/t16?,18-,21?/m1/s1. The number of amides is 1. The lowest BCUT2D eigenvalue weighted by Gasteiger charge is -2.41. The molecule has 0 aliphatic carbocycles. The van der Waals surface area contributed by atoms with Crippen molar-refractivity contribution in [3.8, 4) is 0 Å². The summed E-state index contributed by atoms with van der Waals surface area (Å²) in [6, 6.07) is 14.8. The van der Waals surface area contributed by atoms with Crippen LogP contribution in [0.5, 0.6) is 0 Å².